The first kappa shape index (κ1) is 16.3. The maximum Gasteiger partial charge on any atom is 0.250 e. The summed E-state index contributed by atoms with van der Waals surface area (Å²) in [4.78, 5) is 12.0. The van der Waals surface area contributed by atoms with Crippen LogP contribution in [0.1, 0.15) is 45.6 Å². The maximum atomic E-state index is 12.0. The SMILES string of the molecule is CC(C)(C)[Si](C)(C)Oc1ccc2c(c1)OC1CCCC(=O)C1=C2. The summed E-state index contributed by atoms with van der Waals surface area (Å²) < 4.78 is 12.5. The number of hydrogen-bond donors (Lipinski definition) is 0. The number of rotatable bonds is 2. The van der Waals surface area contributed by atoms with Gasteiger partial charge in [-0.3, -0.25) is 4.79 Å². The van der Waals surface area contributed by atoms with E-state index in [2.05, 4.69) is 33.9 Å². The highest BCUT2D eigenvalue weighted by Gasteiger charge is 2.39. The Bertz CT molecular complexity index is 668. The average Bonchev–Trinajstić information content (AvgIpc) is 2.44. The fourth-order valence-corrected chi connectivity index (χ4v) is 3.81. The van der Waals surface area contributed by atoms with Crippen molar-refractivity contribution in [2.24, 2.45) is 0 Å². The van der Waals surface area contributed by atoms with E-state index >= 15 is 0 Å². The predicted octanol–water partition coefficient (Wildman–Crippen LogP) is 4.97. The van der Waals surface area contributed by atoms with Crippen LogP contribution in [0.4, 0.5) is 0 Å². The second-order valence-corrected chi connectivity index (χ2v) is 12.8. The average molecular weight is 331 g/mol. The van der Waals surface area contributed by atoms with E-state index in [1.165, 1.54) is 0 Å². The second-order valence-electron chi connectivity index (χ2n) is 8.08. The van der Waals surface area contributed by atoms with Crippen molar-refractivity contribution in [3.63, 3.8) is 0 Å². The molecule has 2 aliphatic rings. The van der Waals surface area contributed by atoms with Gasteiger partial charge in [0, 0.05) is 23.6 Å². The second kappa shape index (κ2) is 5.51. The molecule has 23 heavy (non-hydrogen) atoms. The van der Waals surface area contributed by atoms with Crippen LogP contribution in [0.15, 0.2) is 23.8 Å². The minimum absolute atomic E-state index is 0.0770. The Hall–Kier alpha value is -1.55. The van der Waals surface area contributed by atoms with Crippen molar-refractivity contribution in [2.45, 2.75) is 64.3 Å². The first-order valence-corrected chi connectivity index (χ1v) is 11.3. The quantitative estimate of drug-likeness (QED) is 0.718. The first-order chi connectivity index (χ1) is 10.7. The van der Waals surface area contributed by atoms with Crippen LogP contribution in [0.3, 0.4) is 0 Å². The van der Waals surface area contributed by atoms with E-state index in [0.29, 0.717) is 6.42 Å². The highest BCUT2D eigenvalue weighted by molar-refractivity contribution is 6.74. The molecule has 0 spiro atoms. The molecule has 1 aliphatic carbocycles. The molecule has 4 heteroatoms. The number of carbonyl (C=O) groups excluding carboxylic acids is 1. The molecular formula is C19H26O3Si. The molecular weight excluding hydrogens is 304 g/mol. The van der Waals surface area contributed by atoms with Crippen molar-refractivity contribution >= 4 is 20.2 Å². The molecule has 0 aromatic heterocycles. The standard InChI is InChI=1S/C19H26O3Si/c1-19(2,3)23(4,5)22-14-10-9-13-11-15-16(20)7-6-8-17(15)21-18(13)12-14/h9-12,17H,6-8H2,1-5H3. The molecule has 1 atom stereocenters. The van der Waals surface area contributed by atoms with E-state index in [9.17, 15) is 4.79 Å². The summed E-state index contributed by atoms with van der Waals surface area (Å²) in [5, 5.41) is 0.159. The Morgan fingerprint density at radius 1 is 1.26 bits per heavy atom. The normalized spacial score (nSPS) is 21.0. The van der Waals surface area contributed by atoms with Gasteiger partial charge in [-0.1, -0.05) is 20.8 Å². The molecule has 3 rings (SSSR count). The number of carbonyl (C=O) groups is 1. The van der Waals surface area contributed by atoms with Crippen LogP contribution >= 0.6 is 0 Å². The Morgan fingerprint density at radius 2 is 2.00 bits per heavy atom. The summed E-state index contributed by atoms with van der Waals surface area (Å²) in [6, 6.07) is 5.98. The molecule has 1 saturated carbocycles. The summed E-state index contributed by atoms with van der Waals surface area (Å²) in [6.07, 6.45) is 4.40. The third-order valence-electron chi connectivity index (χ3n) is 5.28. The fraction of sp³-hybridized carbons (Fsp3) is 0.526. The molecule has 3 nitrogen and oxygen atoms in total. The third-order valence-corrected chi connectivity index (χ3v) is 9.64. The van der Waals surface area contributed by atoms with E-state index in [-0.39, 0.29) is 16.9 Å². The van der Waals surface area contributed by atoms with Gasteiger partial charge in [0.25, 0.3) is 0 Å². The zero-order valence-corrected chi connectivity index (χ0v) is 15.7. The lowest BCUT2D eigenvalue weighted by Crippen LogP contribution is -2.43. The molecule has 0 N–H and O–H groups in total. The van der Waals surface area contributed by atoms with Gasteiger partial charge >= 0.3 is 0 Å². The summed E-state index contributed by atoms with van der Waals surface area (Å²) in [6.45, 7) is 11.2. The van der Waals surface area contributed by atoms with Gasteiger partial charge in [0.05, 0.1) is 0 Å². The molecule has 0 bridgehead atoms. The Kier molecular flexibility index (Phi) is 3.91. The van der Waals surface area contributed by atoms with E-state index < -0.39 is 8.32 Å². The predicted molar refractivity (Wildman–Crippen MR) is 95.5 cm³/mol. The van der Waals surface area contributed by atoms with E-state index in [4.69, 9.17) is 9.16 Å². The molecule has 1 unspecified atom stereocenters. The maximum absolute atomic E-state index is 12.0. The number of ketones is 1. The van der Waals surface area contributed by atoms with Crippen LogP contribution in [0.5, 0.6) is 11.5 Å². The lowest BCUT2D eigenvalue weighted by molar-refractivity contribution is -0.117. The molecule has 1 heterocycles. The van der Waals surface area contributed by atoms with Crippen LogP contribution in [-0.4, -0.2) is 20.2 Å². The van der Waals surface area contributed by atoms with Crippen LogP contribution in [0.25, 0.3) is 6.08 Å². The molecule has 1 aliphatic heterocycles. The Balaban J connectivity index is 1.89. The monoisotopic (exact) mass is 330 g/mol. The molecule has 0 saturated heterocycles. The van der Waals surface area contributed by atoms with E-state index in [1.807, 2.05) is 24.3 Å². The number of hydrogen-bond acceptors (Lipinski definition) is 3. The first-order valence-electron chi connectivity index (χ1n) is 8.42. The number of fused-ring (bicyclic) bond motifs is 2. The smallest absolute Gasteiger partial charge is 0.250 e. The van der Waals surface area contributed by atoms with Gasteiger partial charge < -0.3 is 9.16 Å². The number of ether oxygens (including phenoxy) is 1. The molecule has 1 aromatic rings. The van der Waals surface area contributed by atoms with Gasteiger partial charge in [0.1, 0.15) is 17.6 Å². The third kappa shape index (κ3) is 3.09. The topological polar surface area (TPSA) is 35.5 Å². The summed E-state index contributed by atoms with van der Waals surface area (Å²) in [7, 11) is -1.86. The van der Waals surface area contributed by atoms with Gasteiger partial charge in [0.15, 0.2) is 5.78 Å². The molecule has 1 aromatic carbocycles. The molecule has 0 radical (unpaired) electrons. The van der Waals surface area contributed by atoms with Crippen molar-refractivity contribution in [1.29, 1.82) is 0 Å². The number of benzene rings is 1. The molecule has 124 valence electrons. The van der Waals surface area contributed by atoms with Crippen molar-refractivity contribution in [3.8, 4) is 11.5 Å². The van der Waals surface area contributed by atoms with Gasteiger partial charge in [-0.25, -0.2) is 0 Å². The van der Waals surface area contributed by atoms with Gasteiger partial charge in [0.2, 0.25) is 8.32 Å². The summed E-state index contributed by atoms with van der Waals surface area (Å²) in [5.41, 5.74) is 1.82. The minimum Gasteiger partial charge on any atom is -0.543 e. The van der Waals surface area contributed by atoms with Gasteiger partial charge in [-0.05, 0) is 49.2 Å². The zero-order chi connectivity index (χ0) is 16.8. The summed E-state index contributed by atoms with van der Waals surface area (Å²) >= 11 is 0. The van der Waals surface area contributed by atoms with Crippen LogP contribution in [0.2, 0.25) is 18.1 Å². The van der Waals surface area contributed by atoms with Crippen molar-refractivity contribution in [1.82, 2.24) is 0 Å². The highest BCUT2D eigenvalue weighted by Crippen LogP contribution is 2.40. The fourth-order valence-electron chi connectivity index (χ4n) is 2.79. The minimum atomic E-state index is -1.86. The summed E-state index contributed by atoms with van der Waals surface area (Å²) in [5.74, 6) is 1.94. The van der Waals surface area contributed by atoms with E-state index in [1.54, 1.807) is 0 Å². The van der Waals surface area contributed by atoms with Gasteiger partial charge in [-0.2, -0.15) is 0 Å². The van der Waals surface area contributed by atoms with Crippen LogP contribution < -0.4 is 9.16 Å². The van der Waals surface area contributed by atoms with Crippen LogP contribution in [-0.2, 0) is 4.79 Å². The van der Waals surface area contributed by atoms with Gasteiger partial charge in [-0.15, -0.1) is 0 Å². The zero-order valence-electron chi connectivity index (χ0n) is 14.7. The van der Waals surface area contributed by atoms with E-state index in [0.717, 1.165) is 35.5 Å². The lowest BCUT2D eigenvalue weighted by Gasteiger charge is -2.37. The Morgan fingerprint density at radius 3 is 2.70 bits per heavy atom. The Labute approximate surface area is 139 Å². The lowest BCUT2D eigenvalue weighted by atomic mass is 9.87. The van der Waals surface area contributed by atoms with Crippen molar-refractivity contribution in [2.75, 3.05) is 0 Å². The number of Topliss-reactive ketones (excluding diaryl/α,β-unsaturated/α-hetero) is 1. The van der Waals surface area contributed by atoms with Crippen molar-refractivity contribution < 1.29 is 14.0 Å². The highest BCUT2D eigenvalue weighted by atomic mass is 28.4. The van der Waals surface area contributed by atoms with Crippen molar-refractivity contribution in [3.05, 3.63) is 29.3 Å². The van der Waals surface area contributed by atoms with Crippen LogP contribution in [0, 0.1) is 0 Å². The largest absolute Gasteiger partial charge is 0.543 e. The molecule has 1 fully saturated rings. The molecule has 0 amide bonds.